The zero-order chi connectivity index (χ0) is 13.9. The second-order valence-corrected chi connectivity index (χ2v) is 6.94. The van der Waals surface area contributed by atoms with Gasteiger partial charge in [-0.15, -0.1) is 0 Å². The normalized spacial score (nSPS) is 20.6. The molecule has 0 saturated carbocycles. The summed E-state index contributed by atoms with van der Waals surface area (Å²) < 4.78 is 26.8. The summed E-state index contributed by atoms with van der Waals surface area (Å²) >= 11 is 0. The van der Waals surface area contributed by atoms with E-state index in [0.29, 0.717) is 24.8 Å². The van der Waals surface area contributed by atoms with E-state index in [1.54, 1.807) is 22.6 Å². The Labute approximate surface area is 115 Å². The molecule has 1 atom stereocenters. The van der Waals surface area contributed by atoms with E-state index in [0.717, 1.165) is 19.4 Å². The molecule has 1 N–H and O–H groups in total. The summed E-state index contributed by atoms with van der Waals surface area (Å²) in [4.78, 5) is 4.45. The van der Waals surface area contributed by atoms with Crippen molar-refractivity contribution in [2.45, 2.75) is 31.6 Å². The van der Waals surface area contributed by atoms with Crippen molar-refractivity contribution < 1.29 is 8.42 Å². The van der Waals surface area contributed by atoms with Gasteiger partial charge in [0.25, 0.3) is 0 Å². The molecule has 2 heterocycles. The lowest BCUT2D eigenvalue weighted by molar-refractivity contribution is 0.464. The van der Waals surface area contributed by atoms with Gasteiger partial charge in [0.1, 0.15) is 10.7 Å². The monoisotopic (exact) mass is 283 g/mol. The van der Waals surface area contributed by atoms with Crippen LogP contribution in [0.15, 0.2) is 23.2 Å². The van der Waals surface area contributed by atoms with Crippen LogP contribution in [-0.2, 0) is 10.0 Å². The molecule has 1 aromatic heterocycles. The third kappa shape index (κ3) is 3.06. The average Bonchev–Trinajstić information content (AvgIpc) is 2.84. The highest BCUT2D eigenvalue weighted by Crippen LogP contribution is 2.27. The molecule has 0 radical (unpaired) electrons. The van der Waals surface area contributed by atoms with Gasteiger partial charge in [-0.1, -0.05) is 13.8 Å². The summed E-state index contributed by atoms with van der Waals surface area (Å²) in [5, 5.41) is 3.09. The number of sulfonamides is 1. The van der Waals surface area contributed by atoms with Crippen LogP contribution in [0.25, 0.3) is 0 Å². The Morgan fingerprint density at radius 1 is 1.53 bits per heavy atom. The van der Waals surface area contributed by atoms with Crippen molar-refractivity contribution >= 4 is 15.8 Å². The number of nitrogens with zero attached hydrogens (tertiary/aromatic N) is 2. The summed E-state index contributed by atoms with van der Waals surface area (Å²) in [6.07, 6.45) is 3.47. The van der Waals surface area contributed by atoms with Crippen molar-refractivity contribution in [1.82, 2.24) is 9.29 Å². The quantitative estimate of drug-likeness (QED) is 0.897. The molecule has 0 amide bonds. The molecular formula is C13H21N3O2S. The van der Waals surface area contributed by atoms with Crippen molar-refractivity contribution in [3.63, 3.8) is 0 Å². The molecule has 1 aliphatic rings. The maximum Gasteiger partial charge on any atom is 0.246 e. The van der Waals surface area contributed by atoms with E-state index in [1.165, 1.54) is 0 Å². The van der Waals surface area contributed by atoms with Crippen LogP contribution in [0.1, 0.15) is 26.7 Å². The molecule has 0 bridgehead atoms. The Hall–Kier alpha value is -1.14. The van der Waals surface area contributed by atoms with E-state index in [4.69, 9.17) is 0 Å². The third-order valence-corrected chi connectivity index (χ3v) is 5.21. The van der Waals surface area contributed by atoms with Crippen LogP contribution in [0, 0.1) is 5.92 Å². The highest BCUT2D eigenvalue weighted by atomic mass is 32.2. The molecule has 1 aromatic rings. The maximum absolute atomic E-state index is 12.6. The van der Waals surface area contributed by atoms with Gasteiger partial charge in [0.15, 0.2) is 0 Å². The van der Waals surface area contributed by atoms with Crippen molar-refractivity contribution in [1.29, 1.82) is 0 Å². The van der Waals surface area contributed by atoms with Gasteiger partial charge in [-0.05, 0) is 30.9 Å². The summed E-state index contributed by atoms with van der Waals surface area (Å²) in [5.74, 6) is 0.891. The van der Waals surface area contributed by atoms with Crippen molar-refractivity contribution in [3.05, 3.63) is 18.3 Å². The van der Waals surface area contributed by atoms with Gasteiger partial charge in [0, 0.05) is 25.8 Å². The van der Waals surface area contributed by atoms with E-state index < -0.39 is 10.0 Å². The average molecular weight is 283 g/mol. The number of nitrogens with one attached hydrogen (secondary N) is 1. The summed E-state index contributed by atoms with van der Waals surface area (Å²) in [6.45, 7) is 6.03. The largest absolute Gasteiger partial charge is 0.369 e. The number of rotatable bonds is 5. The Kier molecular flexibility index (Phi) is 4.42. The van der Waals surface area contributed by atoms with Gasteiger partial charge in [-0.3, -0.25) is 0 Å². The molecule has 106 valence electrons. The smallest absolute Gasteiger partial charge is 0.246 e. The number of hydrogen-bond acceptors (Lipinski definition) is 4. The van der Waals surface area contributed by atoms with Gasteiger partial charge in [-0.25, -0.2) is 13.4 Å². The second kappa shape index (κ2) is 5.88. The summed E-state index contributed by atoms with van der Waals surface area (Å²) in [7, 11) is -3.42. The Bertz CT molecular complexity index is 530. The van der Waals surface area contributed by atoms with Crippen molar-refractivity contribution in [3.8, 4) is 0 Å². The number of aromatic nitrogens is 1. The number of anilines is 1. The van der Waals surface area contributed by atoms with Gasteiger partial charge in [-0.2, -0.15) is 4.31 Å². The van der Waals surface area contributed by atoms with Gasteiger partial charge in [0.2, 0.25) is 10.0 Å². The minimum absolute atomic E-state index is 0.289. The van der Waals surface area contributed by atoms with E-state index in [1.807, 2.05) is 6.92 Å². The van der Waals surface area contributed by atoms with Gasteiger partial charge < -0.3 is 5.32 Å². The fraction of sp³-hybridized carbons (Fsp3) is 0.615. The van der Waals surface area contributed by atoms with Crippen LogP contribution >= 0.6 is 0 Å². The van der Waals surface area contributed by atoms with Crippen LogP contribution in [0.4, 0.5) is 5.82 Å². The molecule has 1 fully saturated rings. The zero-order valence-corrected chi connectivity index (χ0v) is 12.3. The molecule has 1 saturated heterocycles. The fourth-order valence-electron chi connectivity index (χ4n) is 2.23. The first-order valence-corrected chi connectivity index (χ1v) is 8.18. The van der Waals surface area contributed by atoms with Crippen molar-refractivity contribution in [2.75, 3.05) is 25.0 Å². The number of hydrogen-bond donors (Lipinski definition) is 1. The second-order valence-electron chi connectivity index (χ2n) is 5.03. The van der Waals surface area contributed by atoms with Crippen LogP contribution in [0.3, 0.4) is 0 Å². The van der Waals surface area contributed by atoms with E-state index in [-0.39, 0.29) is 4.90 Å². The van der Waals surface area contributed by atoms with Gasteiger partial charge in [0.05, 0.1) is 0 Å². The molecule has 6 heteroatoms. The summed E-state index contributed by atoms with van der Waals surface area (Å²) in [6, 6.07) is 3.30. The molecule has 5 nitrogen and oxygen atoms in total. The first-order valence-electron chi connectivity index (χ1n) is 6.74. The third-order valence-electron chi connectivity index (χ3n) is 3.32. The van der Waals surface area contributed by atoms with Crippen molar-refractivity contribution in [2.24, 2.45) is 5.92 Å². The van der Waals surface area contributed by atoms with E-state index in [9.17, 15) is 8.42 Å². The molecule has 19 heavy (non-hydrogen) atoms. The van der Waals surface area contributed by atoms with Crippen LogP contribution in [0.5, 0.6) is 0 Å². The van der Waals surface area contributed by atoms with E-state index in [2.05, 4.69) is 17.2 Å². The number of pyridine rings is 1. The SMILES string of the molecule is CCCNc1ncccc1S(=O)(=O)N1CCC(C)C1. The lowest BCUT2D eigenvalue weighted by Gasteiger charge is -2.18. The lowest BCUT2D eigenvalue weighted by Crippen LogP contribution is -2.29. The Morgan fingerprint density at radius 2 is 2.32 bits per heavy atom. The molecule has 1 aliphatic heterocycles. The van der Waals surface area contributed by atoms with Crippen LogP contribution in [0.2, 0.25) is 0 Å². The zero-order valence-electron chi connectivity index (χ0n) is 11.5. The first kappa shape index (κ1) is 14.3. The van der Waals surface area contributed by atoms with Crippen LogP contribution < -0.4 is 5.32 Å². The molecule has 0 aliphatic carbocycles. The Balaban J connectivity index is 2.29. The molecule has 2 rings (SSSR count). The maximum atomic E-state index is 12.6. The first-order chi connectivity index (χ1) is 9.05. The van der Waals surface area contributed by atoms with Gasteiger partial charge >= 0.3 is 0 Å². The van der Waals surface area contributed by atoms with Crippen LogP contribution in [-0.4, -0.2) is 37.3 Å². The van der Waals surface area contributed by atoms with E-state index >= 15 is 0 Å². The minimum Gasteiger partial charge on any atom is -0.369 e. The molecule has 1 unspecified atom stereocenters. The summed E-state index contributed by atoms with van der Waals surface area (Å²) in [5.41, 5.74) is 0. The minimum atomic E-state index is -3.42. The molecule has 0 aromatic carbocycles. The highest BCUT2D eigenvalue weighted by molar-refractivity contribution is 7.89. The topological polar surface area (TPSA) is 62.3 Å². The predicted molar refractivity (Wildman–Crippen MR) is 75.6 cm³/mol. The lowest BCUT2D eigenvalue weighted by atomic mass is 10.2. The predicted octanol–water partition coefficient (Wildman–Crippen LogP) is 1.93. The molecule has 0 spiro atoms. The Morgan fingerprint density at radius 3 is 2.95 bits per heavy atom. The fourth-order valence-corrected chi connectivity index (χ4v) is 3.92. The molecular weight excluding hydrogens is 262 g/mol. The standard InChI is InChI=1S/C13H21N3O2S/c1-3-7-14-13-12(5-4-8-15-13)19(17,18)16-9-6-11(2)10-16/h4-5,8,11H,3,6-7,9-10H2,1-2H3,(H,14,15). The highest BCUT2D eigenvalue weighted by Gasteiger charge is 2.32.